The fraction of sp³-hybridized carbons (Fsp3) is 0.538. The first-order chi connectivity index (χ1) is 8.22. The van der Waals surface area contributed by atoms with Crippen molar-refractivity contribution >= 4 is 0 Å². The molecule has 0 aliphatic carbocycles. The van der Waals surface area contributed by atoms with Gasteiger partial charge in [0.1, 0.15) is 0 Å². The second-order valence-electron chi connectivity index (χ2n) is 3.78. The van der Waals surface area contributed by atoms with Crippen molar-refractivity contribution in [1.29, 1.82) is 0 Å². The van der Waals surface area contributed by atoms with Gasteiger partial charge < -0.3 is 20.3 Å². The normalized spacial score (nSPS) is 12.2. The minimum atomic E-state index is -0.380. The Kier molecular flexibility index (Phi) is 5.80. The smallest absolute Gasteiger partial charge is 0.161 e. The zero-order valence-electron chi connectivity index (χ0n) is 10.5. The van der Waals surface area contributed by atoms with E-state index in [1.807, 2.05) is 25.1 Å². The molecule has 0 aliphatic heterocycles. The Hall–Kier alpha value is -1.26. The van der Waals surface area contributed by atoms with Gasteiger partial charge in [-0.15, -0.1) is 0 Å². The van der Waals surface area contributed by atoms with Crippen molar-refractivity contribution in [3.05, 3.63) is 23.8 Å². The Bertz CT molecular complexity index is 341. The van der Waals surface area contributed by atoms with E-state index in [0.29, 0.717) is 19.0 Å². The van der Waals surface area contributed by atoms with Crippen molar-refractivity contribution in [3.63, 3.8) is 0 Å². The van der Waals surface area contributed by atoms with Crippen LogP contribution in [0.15, 0.2) is 18.2 Å². The molecule has 0 aromatic heterocycles. The first-order valence-electron chi connectivity index (χ1n) is 5.98. The Balaban J connectivity index is 2.90. The summed E-state index contributed by atoms with van der Waals surface area (Å²) in [6.07, 6.45) is 0.948. The molecule has 0 spiro atoms. The molecular formula is C13H21NO3. The summed E-state index contributed by atoms with van der Waals surface area (Å²) in [4.78, 5) is 0. The van der Waals surface area contributed by atoms with Gasteiger partial charge in [-0.25, -0.2) is 0 Å². The number of rotatable bonds is 7. The van der Waals surface area contributed by atoms with Crippen molar-refractivity contribution in [1.82, 2.24) is 0 Å². The Morgan fingerprint density at radius 1 is 1.24 bits per heavy atom. The molecule has 0 fully saturated rings. The zero-order chi connectivity index (χ0) is 12.7. The molecular weight excluding hydrogens is 218 g/mol. The van der Waals surface area contributed by atoms with Crippen molar-refractivity contribution in [3.8, 4) is 11.5 Å². The monoisotopic (exact) mass is 239 g/mol. The minimum Gasteiger partial charge on any atom is -0.490 e. The van der Waals surface area contributed by atoms with E-state index in [9.17, 15) is 0 Å². The van der Waals surface area contributed by atoms with E-state index < -0.39 is 0 Å². The van der Waals surface area contributed by atoms with E-state index in [2.05, 4.69) is 6.92 Å². The summed E-state index contributed by atoms with van der Waals surface area (Å²) < 4.78 is 11.1. The largest absolute Gasteiger partial charge is 0.490 e. The first-order valence-corrected chi connectivity index (χ1v) is 5.98. The third-order valence-electron chi connectivity index (χ3n) is 2.35. The maximum absolute atomic E-state index is 9.02. The average molecular weight is 239 g/mol. The minimum absolute atomic E-state index is 0.0826. The summed E-state index contributed by atoms with van der Waals surface area (Å²) in [5.74, 6) is 1.41. The summed E-state index contributed by atoms with van der Waals surface area (Å²) in [5.41, 5.74) is 6.61. The van der Waals surface area contributed by atoms with Gasteiger partial charge in [-0.05, 0) is 31.0 Å². The highest BCUT2D eigenvalue weighted by molar-refractivity contribution is 5.43. The van der Waals surface area contributed by atoms with Gasteiger partial charge in [0.15, 0.2) is 11.5 Å². The van der Waals surface area contributed by atoms with Gasteiger partial charge >= 0.3 is 0 Å². The average Bonchev–Trinajstić information content (AvgIpc) is 2.36. The number of aliphatic hydroxyl groups is 1. The van der Waals surface area contributed by atoms with Gasteiger partial charge in [-0.2, -0.15) is 0 Å². The topological polar surface area (TPSA) is 64.7 Å². The highest BCUT2D eigenvalue weighted by atomic mass is 16.5. The molecule has 0 radical (unpaired) electrons. The standard InChI is InChI=1S/C13H21NO3/c1-3-7-17-12-6-5-10(11(14)9-15)8-13(12)16-4-2/h5-6,8,11,15H,3-4,7,9,14H2,1-2H3/t11-/m1/s1. The Morgan fingerprint density at radius 3 is 2.59 bits per heavy atom. The molecule has 3 N–H and O–H groups in total. The molecule has 1 aromatic carbocycles. The van der Waals surface area contributed by atoms with Crippen LogP contribution in [0.5, 0.6) is 11.5 Å². The van der Waals surface area contributed by atoms with Crippen LogP contribution in [0.1, 0.15) is 31.9 Å². The molecule has 96 valence electrons. The van der Waals surface area contributed by atoms with E-state index in [0.717, 1.165) is 17.7 Å². The molecule has 0 heterocycles. The van der Waals surface area contributed by atoms with E-state index >= 15 is 0 Å². The predicted octanol–water partition coefficient (Wildman–Crippen LogP) is 1.87. The van der Waals surface area contributed by atoms with E-state index in [4.69, 9.17) is 20.3 Å². The van der Waals surface area contributed by atoms with Gasteiger partial charge in [-0.1, -0.05) is 13.0 Å². The lowest BCUT2D eigenvalue weighted by atomic mass is 10.1. The van der Waals surface area contributed by atoms with Crippen molar-refractivity contribution in [2.24, 2.45) is 5.73 Å². The molecule has 4 heteroatoms. The highest BCUT2D eigenvalue weighted by Crippen LogP contribution is 2.30. The second kappa shape index (κ2) is 7.14. The van der Waals surface area contributed by atoms with Crippen LogP contribution in [-0.4, -0.2) is 24.9 Å². The van der Waals surface area contributed by atoms with Crippen LogP contribution < -0.4 is 15.2 Å². The fourth-order valence-corrected chi connectivity index (χ4v) is 1.46. The maximum atomic E-state index is 9.02. The Labute approximate surface area is 102 Å². The van der Waals surface area contributed by atoms with Crippen LogP contribution in [0.2, 0.25) is 0 Å². The van der Waals surface area contributed by atoms with Gasteiger partial charge in [0.25, 0.3) is 0 Å². The molecule has 4 nitrogen and oxygen atoms in total. The number of hydrogen-bond acceptors (Lipinski definition) is 4. The van der Waals surface area contributed by atoms with Gasteiger partial charge in [0.2, 0.25) is 0 Å². The van der Waals surface area contributed by atoms with Crippen LogP contribution >= 0.6 is 0 Å². The number of aliphatic hydroxyl groups excluding tert-OH is 1. The lowest BCUT2D eigenvalue weighted by Gasteiger charge is -2.15. The number of ether oxygens (including phenoxy) is 2. The lowest BCUT2D eigenvalue weighted by molar-refractivity contribution is 0.264. The summed E-state index contributed by atoms with van der Waals surface area (Å²) >= 11 is 0. The lowest BCUT2D eigenvalue weighted by Crippen LogP contribution is -2.14. The second-order valence-corrected chi connectivity index (χ2v) is 3.78. The molecule has 0 amide bonds. The summed E-state index contributed by atoms with van der Waals surface area (Å²) in [5, 5.41) is 9.02. The molecule has 0 aliphatic rings. The molecule has 0 unspecified atom stereocenters. The quantitative estimate of drug-likeness (QED) is 0.762. The third kappa shape index (κ3) is 3.91. The zero-order valence-corrected chi connectivity index (χ0v) is 10.5. The maximum Gasteiger partial charge on any atom is 0.161 e. The molecule has 1 aromatic rings. The molecule has 0 bridgehead atoms. The predicted molar refractivity (Wildman–Crippen MR) is 67.4 cm³/mol. The third-order valence-corrected chi connectivity index (χ3v) is 2.35. The number of hydrogen-bond donors (Lipinski definition) is 2. The van der Waals surface area contributed by atoms with Crippen LogP contribution in [0.3, 0.4) is 0 Å². The van der Waals surface area contributed by atoms with Gasteiger partial charge in [0, 0.05) is 0 Å². The van der Waals surface area contributed by atoms with Crippen LogP contribution in [0.4, 0.5) is 0 Å². The summed E-state index contributed by atoms with van der Waals surface area (Å²) in [7, 11) is 0. The van der Waals surface area contributed by atoms with E-state index in [-0.39, 0.29) is 12.6 Å². The van der Waals surface area contributed by atoms with Crippen LogP contribution in [-0.2, 0) is 0 Å². The van der Waals surface area contributed by atoms with E-state index in [1.165, 1.54) is 0 Å². The first kappa shape index (κ1) is 13.8. The highest BCUT2D eigenvalue weighted by Gasteiger charge is 2.10. The number of nitrogens with two attached hydrogens (primary N) is 1. The van der Waals surface area contributed by atoms with Gasteiger partial charge in [-0.3, -0.25) is 0 Å². The molecule has 17 heavy (non-hydrogen) atoms. The molecule has 1 atom stereocenters. The summed E-state index contributed by atoms with van der Waals surface area (Å²) in [6.45, 7) is 5.12. The molecule has 0 saturated carbocycles. The number of benzene rings is 1. The van der Waals surface area contributed by atoms with Crippen LogP contribution in [0, 0.1) is 0 Å². The van der Waals surface area contributed by atoms with Crippen LogP contribution in [0.25, 0.3) is 0 Å². The Morgan fingerprint density at radius 2 is 2.00 bits per heavy atom. The molecule has 0 saturated heterocycles. The summed E-state index contributed by atoms with van der Waals surface area (Å²) in [6, 6.07) is 5.14. The van der Waals surface area contributed by atoms with Gasteiger partial charge in [0.05, 0.1) is 25.9 Å². The molecule has 1 rings (SSSR count). The van der Waals surface area contributed by atoms with Crippen molar-refractivity contribution in [2.75, 3.05) is 19.8 Å². The SMILES string of the molecule is CCCOc1ccc([C@H](N)CO)cc1OCC. The van der Waals surface area contributed by atoms with Crippen molar-refractivity contribution < 1.29 is 14.6 Å². The van der Waals surface area contributed by atoms with Crippen molar-refractivity contribution in [2.45, 2.75) is 26.3 Å². The van der Waals surface area contributed by atoms with E-state index in [1.54, 1.807) is 0 Å². The fourth-order valence-electron chi connectivity index (χ4n) is 1.46.